The van der Waals surface area contributed by atoms with Gasteiger partial charge in [0.05, 0.1) is 18.0 Å². The fraction of sp³-hybridized carbons (Fsp3) is 0.545. The van der Waals surface area contributed by atoms with Crippen LogP contribution in [0.25, 0.3) is 21.1 Å². The quantitative estimate of drug-likeness (QED) is 0.608. The van der Waals surface area contributed by atoms with Crippen molar-refractivity contribution in [3.63, 3.8) is 0 Å². The Morgan fingerprint density at radius 2 is 2.13 bits per heavy atom. The van der Waals surface area contributed by atoms with E-state index in [1.807, 2.05) is 16.5 Å². The van der Waals surface area contributed by atoms with E-state index in [4.69, 9.17) is 4.74 Å². The summed E-state index contributed by atoms with van der Waals surface area (Å²) in [5.74, 6) is 0.325. The third-order valence-corrected chi connectivity index (χ3v) is 7.71. The molecule has 7 nitrogen and oxygen atoms in total. The predicted molar refractivity (Wildman–Crippen MR) is 122 cm³/mol. The van der Waals surface area contributed by atoms with Gasteiger partial charge in [0.25, 0.3) is 5.56 Å². The van der Waals surface area contributed by atoms with Crippen LogP contribution in [0.5, 0.6) is 5.75 Å². The molecule has 0 bridgehead atoms. The number of ether oxygens (including phenoxy) is 1. The van der Waals surface area contributed by atoms with E-state index in [1.54, 1.807) is 0 Å². The molecular formula is C22H27FN4O3S. The van der Waals surface area contributed by atoms with Crippen molar-refractivity contribution >= 4 is 38.3 Å². The highest BCUT2D eigenvalue weighted by Gasteiger charge is 2.35. The van der Waals surface area contributed by atoms with Crippen molar-refractivity contribution in [1.29, 1.82) is 0 Å². The van der Waals surface area contributed by atoms with E-state index in [2.05, 4.69) is 16.6 Å². The molecule has 1 aromatic carbocycles. The lowest BCUT2D eigenvalue weighted by Crippen LogP contribution is -2.35. The third-order valence-electron chi connectivity index (χ3n) is 6.83. The lowest BCUT2D eigenvalue weighted by atomic mass is 9.97. The van der Waals surface area contributed by atoms with E-state index in [9.17, 15) is 9.59 Å². The molecule has 9 heteroatoms. The summed E-state index contributed by atoms with van der Waals surface area (Å²) in [6.07, 6.45) is 3.90. The van der Waals surface area contributed by atoms with Gasteiger partial charge in [-0.05, 0) is 56.2 Å². The minimum Gasteiger partial charge on any atom is -0.492 e. The van der Waals surface area contributed by atoms with Crippen LogP contribution in [0.2, 0.25) is 0 Å². The van der Waals surface area contributed by atoms with Crippen LogP contribution in [0, 0.1) is 11.7 Å². The van der Waals surface area contributed by atoms with Crippen molar-refractivity contribution in [2.75, 3.05) is 32.1 Å². The molecule has 1 unspecified atom stereocenters. The van der Waals surface area contributed by atoms with Crippen LogP contribution in [0.1, 0.15) is 38.6 Å². The molecule has 2 aliphatic rings. The molecule has 1 aliphatic heterocycles. The minimum absolute atomic E-state index is 0.111. The van der Waals surface area contributed by atoms with Gasteiger partial charge in [-0.2, -0.15) is 0 Å². The van der Waals surface area contributed by atoms with Gasteiger partial charge in [0.2, 0.25) is 5.43 Å². The zero-order chi connectivity index (χ0) is 21.9. The van der Waals surface area contributed by atoms with E-state index in [-0.39, 0.29) is 16.8 Å². The molecule has 31 heavy (non-hydrogen) atoms. The monoisotopic (exact) mass is 446 g/mol. The molecule has 166 valence electrons. The largest absolute Gasteiger partial charge is 0.492 e. The zero-order valence-electron chi connectivity index (χ0n) is 18.0. The Bertz CT molecular complexity index is 1270. The number of anilines is 1. The number of benzene rings is 1. The Morgan fingerprint density at radius 1 is 1.35 bits per heavy atom. The van der Waals surface area contributed by atoms with Crippen LogP contribution in [-0.2, 0) is 0 Å². The number of methoxy groups -OCH3 is 1. The molecule has 2 atom stereocenters. The van der Waals surface area contributed by atoms with Crippen LogP contribution < -0.4 is 25.9 Å². The van der Waals surface area contributed by atoms with Gasteiger partial charge in [0.15, 0.2) is 11.6 Å². The maximum Gasteiger partial charge on any atom is 0.271 e. The molecular weight excluding hydrogens is 419 g/mol. The Hall–Kier alpha value is -2.39. The molecule has 0 spiro atoms. The first-order valence-corrected chi connectivity index (χ1v) is 11.7. The second kappa shape index (κ2) is 7.63. The molecule has 5 rings (SSSR count). The summed E-state index contributed by atoms with van der Waals surface area (Å²) >= 11 is 1.16. The van der Waals surface area contributed by atoms with Crippen molar-refractivity contribution < 1.29 is 9.13 Å². The predicted octanol–water partition coefficient (Wildman–Crippen LogP) is 3.21. The number of aromatic amines is 1. The summed E-state index contributed by atoms with van der Waals surface area (Å²) < 4.78 is 26.0. The van der Waals surface area contributed by atoms with Crippen LogP contribution in [0.4, 0.5) is 10.1 Å². The number of fused-ring (bicyclic) bond motifs is 2. The fourth-order valence-corrected chi connectivity index (χ4v) is 6.10. The highest BCUT2D eigenvalue weighted by Crippen LogP contribution is 2.46. The molecule has 0 radical (unpaired) electrons. The van der Waals surface area contributed by atoms with Gasteiger partial charge in [-0.3, -0.25) is 14.0 Å². The van der Waals surface area contributed by atoms with Crippen LogP contribution in [0.15, 0.2) is 15.7 Å². The first-order chi connectivity index (χ1) is 15.0. The van der Waals surface area contributed by atoms with E-state index >= 15 is 4.39 Å². The van der Waals surface area contributed by atoms with Crippen molar-refractivity contribution in [3.8, 4) is 5.75 Å². The van der Waals surface area contributed by atoms with Gasteiger partial charge in [-0.1, -0.05) is 6.92 Å². The lowest BCUT2D eigenvalue weighted by Gasteiger charge is -2.26. The number of nitrogens with one attached hydrogen (secondary N) is 2. The average molecular weight is 447 g/mol. The van der Waals surface area contributed by atoms with E-state index in [0.29, 0.717) is 33.7 Å². The molecule has 2 fully saturated rings. The van der Waals surface area contributed by atoms with Gasteiger partial charge in [-0.15, -0.1) is 0 Å². The molecule has 2 aromatic heterocycles. The summed E-state index contributed by atoms with van der Waals surface area (Å²) in [4.78, 5) is 28.1. The highest BCUT2D eigenvalue weighted by molar-refractivity contribution is 7.12. The van der Waals surface area contributed by atoms with Gasteiger partial charge in [-0.25, -0.2) is 4.39 Å². The summed E-state index contributed by atoms with van der Waals surface area (Å²) in [7, 11) is 3.50. The molecule has 1 saturated heterocycles. The summed E-state index contributed by atoms with van der Waals surface area (Å²) in [5, 5.41) is 3.69. The number of H-pyrrole nitrogens is 1. The standard InChI is InChI=1S/C22H27FN4O3S/c1-4-15(24-2)11-7-8-26(10-11)18-14(23)9-13-17(20(18)30-3)27(12-5-6-12)22-16(19(13)28)21(29)25-31-22/h9,11-12,15,24H,4-8,10H2,1-3H3,(H,25,29)/t11?,15-/m0/s1. The first-order valence-electron chi connectivity index (χ1n) is 10.9. The summed E-state index contributed by atoms with van der Waals surface area (Å²) in [6.45, 7) is 3.61. The molecule has 1 saturated carbocycles. The maximum absolute atomic E-state index is 15.5. The van der Waals surface area contributed by atoms with Crippen LogP contribution >= 0.6 is 11.5 Å². The topological polar surface area (TPSA) is 79.4 Å². The fourth-order valence-electron chi connectivity index (χ4n) is 5.18. The van der Waals surface area contributed by atoms with E-state index in [0.717, 1.165) is 50.3 Å². The van der Waals surface area contributed by atoms with Gasteiger partial charge in [0, 0.05) is 25.2 Å². The molecule has 0 amide bonds. The zero-order valence-corrected chi connectivity index (χ0v) is 18.8. The molecule has 3 aromatic rings. The Kier molecular flexibility index (Phi) is 5.05. The van der Waals surface area contributed by atoms with E-state index < -0.39 is 16.8 Å². The SMILES string of the molecule is CC[C@H](NC)C1CCN(c2c(F)cc3c(=O)c4c(=O)[nH]sc4n(C4CC4)c3c2OC)C1. The Labute approximate surface area is 183 Å². The minimum atomic E-state index is -0.479. The number of pyridine rings is 1. The number of hydrogen-bond acceptors (Lipinski definition) is 6. The molecule has 2 N–H and O–H groups in total. The number of hydrogen-bond donors (Lipinski definition) is 2. The Balaban J connectivity index is 1.76. The summed E-state index contributed by atoms with van der Waals surface area (Å²) in [5.41, 5.74) is 0.163. The molecule has 3 heterocycles. The smallest absolute Gasteiger partial charge is 0.271 e. The second-order valence-electron chi connectivity index (χ2n) is 8.58. The number of aromatic nitrogens is 2. The Morgan fingerprint density at radius 3 is 2.77 bits per heavy atom. The summed E-state index contributed by atoms with van der Waals surface area (Å²) in [6, 6.07) is 1.86. The second-order valence-corrected chi connectivity index (χ2v) is 9.37. The maximum atomic E-state index is 15.5. The van der Waals surface area contributed by atoms with Gasteiger partial charge >= 0.3 is 0 Å². The average Bonchev–Trinajstić information content (AvgIpc) is 3.36. The van der Waals surface area contributed by atoms with Gasteiger partial charge in [0.1, 0.15) is 15.9 Å². The van der Waals surface area contributed by atoms with Crippen molar-refractivity contribution in [2.45, 2.75) is 44.7 Å². The number of nitrogens with zero attached hydrogens (tertiary/aromatic N) is 2. The number of halogens is 1. The lowest BCUT2D eigenvalue weighted by molar-refractivity contribution is 0.389. The van der Waals surface area contributed by atoms with Crippen LogP contribution in [-0.4, -0.2) is 42.2 Å². The first kappa shape index (κ1) is 20.5. The van der Waals surface area contributed by atoms with Crippen molar-refractivity contribution in [2.24, 2.45) is 5.92 Å². The van der Waals surface area contributed by atoms with Gasteiger partial charge < -0.3 is 19.5 Å². The number of rotatable bonds is 6. The third kappa shape index (κ3) is 3.09. The highest BCUT2D eigenvalue weighted by atomic mass is 32.1. The van der Waals surface area contributed by atoms with E-state index in [1.165, 1.54) is 13.2 Å². The van der Waals surface area contributed by atoms with Crippen molar-refractivity contribution in [3.05, 3.63) is 32.5 Å². The molecule has 1 aliphatic carbocycles. The normalized spacial score (nSPS) is 20.1. The van der Waals surface area contributed by atoms with Crippen LogP contribution in [0.3, 0.4) is 0 Å². The van der Waals surface area contributed by atoms with Crippen molar-refractivity contribution in [1.82, 2.24) is 14.3 Å².